The lowest BCUT2D eigenvalue weighted by Crippen LogP contribution is -2.00. The van der Waals surface area contributed by atoms with E-state index in [0.717, 1.165) is 32.1 Å². The van der Waals surface area contributed by atoms with Gasteiger partial charge >= 0.3 is 0 Å². The van der Waals surface area contributed by atoms with Gasteiger partial charge in [-0.1, -0.05) is 53.0 Å². The molecule has 2 rings (SSSR count). The Kier molecular flexibility index (Phi) is 5.20. The van der Waals surface area contributed by atoms with Crippen molar-refractivity contribution >= 4 is 50.1 Å². The highest BCUT2D eigenvalue weighted by molar-refractivity contribution is 14.1. The summed E-state index contributed by atoms with van der Waals surface area (Å²) in [6.45, 7) is 4.19. The highest BCUT2D eigenvalue weighted by Crippen LogP contribution is 2.27. The number of benzene rings is 1. The second-order valence-electron chi connectivity index (χ2n) is 4.31. The van der Waals surface area contributed by atoms with E-state index in [9.17, 15) is 0 Å². The molecule has 0 aliphatic carbocycles. The summed E-state index contributed by atoms with van der Waals surface area (Å²) in [5.41, 5.74) is 3.19. The molecule has 0 amide bonds. The van der Waals surface area contributed by atoms with Gasteiger partial charge in [0.2, 0.25) is 0 Å². The normalized spacial score (nSPS) is 10.8. The number of halogens is 3. The molecule has 2 nitrogen and oxygen atoms in total. The highest BCUT2D eigenvalue weighted by Gasteiger charge is 2.12. The molecule has 0 saturated carbocycles. The summed E-state index contributed by atoms with van der Waals surface area (Å²) >= 11 is 12.0. The Hall–Kier alpha value is -0.200. The van der Waals surface area contributed by atoms with Crippen LogP contribution in [0.15, 0.2) is 22.7 Å². The molecule has 1 aromatic carbocycles. The molecule has 0 spiro atoms. The first-order valence-electron chi connectivity index (χ1n) is 6.01. The van der Waals surface area contributed by atoms with Gasteiger partial charge < -0.3 is 0 Å². The average Bonchev–Trinajstić information content (AvgIpc) is 2.38. The minimum absolute atomic E-state index is 0.533. The minimum atomic E-state index is 0.533. The van der Waals surface area contributed by atoms with Gasteiger partial charge in [-0.15, -0.1) is 0 Å². The Morgan fingerprint density at radius 3 is 2.68 bits per heavy atom. The fourth-order valence-electron chi connectivity index (χ4n) is 1.73. The third kappa shape index (κ3) is 3.47. The molecule has 0 N–H and O–H groups in total. The van der Waals surface area contributed by atoms with Gasteiger partial charge in [0.25, 0.3) is 0 Å². The van der Waals surface area contributed by atoms with E-state index < -0.39 is 0 Å². The molecule has 5 heteroatoms. The lowest BCUT2D eigenvalue weighted by atomic mass is 10.1. The molecule has 19 heavy (non-hydrogen) atoms. The van der Waals surface area contributed by atoms with Crippen molar-refractivity contribution in [2.45, 2.75) is 26.7 Å². The van der Waals surface area contributed by atoms with Crippen LogP contribution >= 0.6 is 50.1 Å². The Labute approximate surface area is 140 Å². The molecule has 0 fully saturated rings. The van der Waals surface area contributed by atoms with Crippen LogP contribution in [0.4, 0.5) is 0 Å². The topological polar surface area (TPSA) is 25.8 Å². The summed E-state index contributed by atoms with van der Waals surface area (Å²) < 4.78 is 2.01. The number of hydrogen-bond acceptors (Lipinski definition) is 2. The standard InChI is InChI=1S/C14H13BrClIN2/c1-3-4-11-12(17)13(16)19-14(18-11)9-6-5-8(2)10(15)7-9/h5-7H,3-4H2,1-2H3. The van der Waals surface area contributed by atoms with Crippen LogP contribution in [0.3, 0.4) is 0 Å². The highest BCUT2D eigenvalue weighted by atomic mass is 127. The Bertz CT molecular complexity index is 617. The summed E-state index contributed by atoms with van der Waals surface area (Å²) in [6, 6.07) is 6.10. The van der Waals surface area contributed by atoms with E-state index in [0.29, 0.717) is 11.0 Å². The lowest BCUT2D eigenvalue weighted by Gasteiger charge is -2.08. The first-order chi connectivity index (χ1) is 9.02. The van der Waals surface area contributed by atoms with Gasteiger partial charge in [-0.2, -0.15) is 0 Å². The van der Waals surface area contributed by atoms with Crippen LogP contribution in [0.5, 0.6) is 0 Å². The van der Waals surface area contributed by atoms with Crippen molar-refractivity contribution in [3.05, 3.63) is 42.7 Å². The maximum atomic E-state index is 6.21. The molecule has 100 valence electrons. The molecule has 2 aromatic rings. The zero-order valence-electron chi connectivity index (χ0n) is 10.7. The van der Waals surface area contributed by atoms with E-state index >= 15 is 0 Å². The van der Waals surface area contributed by atoms with Gasteiger partial charge in [-0.25, -0.2) is 9.97 Å². The van der Waals surface area contributed by atoms with Gasteiger partial charge in [0.15, 0.2) is 5.82 Å². The lowest BCUT2D eigenvalue weighted by molar-refractivity contribution is 0.867. The van der Waals surface area contributed by atoms with Crippen molar-refractivity contribution in [2.75, 3.05) is 0 Å². The van der Waals surface area contributed by atoms with E-state index in [2.05, 4.69) is 62.3 Å². The average molecular weight is 452 g/mol. The second kappa shape index (κ2) is 6.50. The van der Waals surface area contributed by atoms with Crippen LogP contribution in [0.2, 0.25) is 5.15 Å². The largest absolute Gasteiger partial charge is 0.232 e. The number of rotatable bonds is 3. The third-order valence-electron chi connectivity index (χ3n) is 2.80. The van der Waals surface area contributed by atoms with Gasteiger partial charge in [-0.3, -0.25) is 0 Å². The van der Waals surface area contributed by atoms with Crippen molar-refractivity contribution in [3.63, 3.8) is 0 Å². The van der Waals surface area contributed by atoms with Crippen LogP contribution in [0, 0.1) is 10.5 Å². The number of aryl methyl sites for hydroxylation is 2. The van der Waals surface area contributed by atoms with Crippen LogP contribution < -0.4 is 0 Å². The summed E-state index contributed by atoms with van der Waals surface area (Å²) in [5, 5.41) is 0.533. The SMILES string of the molecule is CCCc1nc(-c2ccc(C)c(Br)c2)nc(Cl)c1I. The number of hydrogen-bond donors (Lipinski definition) is 0. The first kappa shape index (κ1) is 15.2. The predicted molar refractivity (Wildman–Crippen MR) is 91.6 cm³/mol. The fourth-order valence-corrected chi connectivity index (χ4v) is 2.81. The maximum Gasteiger partial charge on any atom is 0.161 e. The minimum Gasteiger partial charge on any atom is -0.232 e. The summed E-state index contributed by atoms with van der Waals surface area (Å²) in [7, 11) is 0. The molecule has 0 radical (unpaired) electrons. The second-order valence-corrected chi connectivity index (χ2v) is 6.60. The fraction of sp³-hybridized carbons (Fsp3) is 0.286. The van der Waals surface area contributed by atoms with Crippen molar-refractivity contribution in [1.29, 1.82) is 0 Å². The van der Waals surface area contributed by atoms with E-state index in [-0.39, 0.29) is 0 Å². The first-order valence-corrected chi connectivity index (χ1v) is 8.26. The zero-order chi connectivity index (χ0) is 14.0. The smallest absolute Gasteiger partial charge is 0.161 e. The monoisotopic (exact) mass is 450 g/mol. The zero-order valence-corrected chi connectivity index (χ0v) is 15.2. The molecular formula is C14H13BrClIN2. The van der Waals surface area contributed by atoms with Gasteiger partial charge in [0.1, 0.15) is 5.15 Å². The summed E-state index contributed by atoms with van der Waals surface area (Å²) in [5.74, 6) is 0.689. The van der Waals surface area contributed by atoms with E-state index in [1.807, 2.05) is 18.2 Å². The van der Waals surface area contributed by atoms with Gasteiger partial charge in [0, 0.05) is 10.0 Å². The molecule has 0 aliphatic heterocycles. The molecule has 1 aromatic heterocycles. The van der Waals surface area contributed by atoms with Crippen molar-refractivity contribution in [2.24, 2.45) is 0 Å². The Balaban J connectivity index is 2.52. The third-order valence-corrected chi connectivity index (χ3v) is 5.38. The van der Waals surface area contributed by atoms with Gasteiger partial charge in [0.05, 0.1) is 9.26 Å². The van der Waals surface area contributed by atoms with Crippen molar-refractivity contribution < 1.29 is 0 Å². The molecule has 0 bridgehead atoms. The van der Waals surface area contributed by atoms with Crippen LogP contribution in [-0.2, 0) is 6.42 Å². The van der Waals surface area contributed by atoms with Crippen LogP contribution in [-0.4, -0.2) is 9.97 Å². The van der Waals surface area contributed by atoms with Crippen molar-refractivity contribution in [3.8, 4) is 11.4 Å². The van der Waals surface area contributed by atoms with E-state index in [1.165, 1.54) is 5.56 Å². The number of nitrogens with zero attached hydrogens (tertiary/aromatic N) is 2. The maximum absolute atomic E-state index is 6.21. The quantitative estimate of drug-likeness (QED) is 0.460. The Morgan fingerprint density at radius 1 is 1.32 bits per heavy atom. The van der Waals surface area contributed by atoms with E-state index in [1.54, 1.807) is 0 Å². The summed E-state index contributed by atoms with van der Waals surface area (Å²) in [4.78, 5) is 9.02. The van der Waals surface area contributed by atoms with Gasteiger partial charge in [-0.05, 0) is 47.6 Å². The molecular weight excluding hydrogens is 438 g/mol. The van der Waals surface area contributed by atoms with Crippen molar-refractivity contribution in [1.82, 2.24) is 9.97 Å². The van der Waals surface area contributed by atoms with Crippen LogP contribution in [0.25, 0.3) is 11.4 Å². The predicted octanol–water partition coefficient (Wildman–Crippen LogP) is 5.43. The molecule has 0 saturated heterocycles. The Morgan fingerprint density at radius 2 is 2.05 bits per heavy atom. The number of aromatic nitrogens is 2. The van der Waals surface area contributed by atoms with E-state index in [4.69, 9.17) is 11.6 Å². The molecule has 0 atom stereocenters. The van der Waals surface area contributed by atoms with Crippen LogP contribution in [0.1, 0.15) is 24.6 Å². The summed E-state index contributed by atoms with van der Waals surface area (Å²) in [6.07, 6.45) is 1.96. The molecule has 1 heterocycles. The molecule has 0 unspecified atom stereocenters. The molecule has 0 aliphatic rings.